The Balaban J connectivity index is 2.05. The monoisotopic (exact) mass is 407 g/mol. The minimum absolute atomic E-state index is 0.0635. The van der Waals surface area contributed by atoms with Crippen LogP contribution in [0.4, 0.5) is 0 Å². The zero-order valence-electron chi connectivity index (χ0n) is 16.1. The SMILES string of the molecule is O=c1c2ccc(Cl)cc2c(-c2ccccc2)c(-c2ccccc2)n1-c1ccccc1. The average Bonchev–Trinajstić information content (AvgIpc) is 2.80. The third-order valence-corrected chi connectivity index (χ3v) is 5.50. The molecule has 0 radical (unpaired) electrons. The van der Waals surface area contributed by atoms with Gasteiger partial charge in [0, 0.05) is 21.7 Å². The number of hydrogen-bond acceptors (Lipinski definition) is 1. The lowest BCUT2D eigenvalue weighted by molar-refractivity contribution is 1.02. The Morgan fingerprint density at radius 3 is 1.80 bits per heavy atom. The summed E-state index contributed by atoms with van der Waals surface area (Å²) in [5, 5.41) is 2.10. The fourth-order valence-electron chi connectivity index (χ4n) is 3.96. The zero-order valence-corrected chi connectivity index (χ0v) is 16.9. The molecule has 2 nitrogen and oxygen atoms in total. The van der Waals surface area contributed by atoms with Crippen LogP contribution in [0.1, 0.15) is 0 Å². The number of fused-ring (bicyclic) bond motifs is 1. The van der Waals surface area contributed by atoms with E-state index in [1.54, 1.807) is 6.07 Å². The number of halogens is 1. The van der Waals surface area contributed by atoms with Crippen LogP contribution in [-0.4, -0.2) is 4.57 Å². The van der Waals surface area contributed by atoms with Gasteiger partial charge in [-0.1, -0.05) is 90.5 Å². The second kappa shape index (κ2) is 7.66. The van der Waals surface area contributed by atoms with Crippen LogP contribution in [0.5, 0.6) is 0 Å². The molecule has 0 bridgehead atoms. The van der Waals surface area contributed by atoms with Gasteiger partial charge in [-0.05, 0) is 46.8 Å². The molecular formula is C27H18ClNO. The fourth-order valence-corrected chi connectivity index (χ4v) is 4.13. The van der Waals surface area contributed by atoms with Gasteiger partial charge in [0.25, 0.3) is 5.56 Å². The van der Waals surface area contributed by atoms with E-state index in [9.17, 15) is 4.79 Å². The third kappa shape index (κ3) is 3.12. The summed E-state index contributed by atoms with van der Waals surface area (Å²) >= 11 is 6.38. The lowest BCUT2D eigenvalue weighted by Crippen LogP contribution is -2.21. The molecule has 0 unspecified atom stereocenters. The van der Waals surface area contributed by atoms with Crippen LogP contribution in [0, 0.1) is 0 Å². The summed E-state index contributed by atoms with van der Waals surface area (Å²) in [4.78, 5) is 13.7. The summed E-state index contributed by atoms with van der Waals surface area (Å²) < 4.78 is 1.81. The molecule has 0 saturated heterocycles. The molecule has 30 heavy (non-hydrogen) atoms. The first-order valence-corrected chi connectivity index (χ1v) is 10.2. The Kier molecular flexibility index (Phi) is 4.70. The van der Waals surface area contributed by atoms with Gasteiger partial charge in [-0.3, -0.25) is 9.36 Å². The van der Waals surface area contributed by atoms with Gasteiger partial charge in [0.15, 0.2) is 0 Å². The van der Waals surface area contributed by atoms with Crippen LogP contribution in [0.15, 0.2) is 114 Å². The summed E-state index contributed by atoms with van der Waals surface area (Å²) in [6.07, 6.45) is 0. The Hall–Kier alpha value is -3.62. The Bertz CT molecular complexity index is 1390. The summed E-state index contributed by atoms with van der Waals surface area (Å²) in [6.45, 7) is 0. The molecule has 0 spiro atoms. The van der Waals surface area contributed by atoms with Crippen molar-refractivity contribution in [3.63, 3.8) is 0 Å². The smallest absolute Gasteiger partial charge is 0.263 e. The van der Waals surface area contributed by atoms with E-state index in [0.717, 1.165) is 33.5 Å². The van der Waals surface area contributed by atoms with E-state index in [1.807, 2.05) is 95.6 Å². The summed E-state index contributed by atoms with van der Waals surface area (Å²) in [5.41, 5.74) is 4.62. The van der Waals surface area contributed by atoms with Gasteiger partial charge in [-0.15, -0.1) is 0 Å². The molecule has 4 aromatic carbocycles. The number of pyridine rings is 1. The maximum absolute atomic E-state index is 13.7. The summed E-state index contributed by atoms with van der Waals surface area (Å²) in [6, 6.07) is 35.5. The second-order valence-electron chi connectivity index (χ2n) is 7.12. The van der Waals surface area contributed by atoms with Gasteiger partial charge < -0.3 is 0 Å². The molecule has 0 aliphatic carbocycles. The van der Waals surface area contributed by atoms with Crippen LogP contribution in [0.25, 0.3) is 38.8 Å². The number of benzene rings is 4. The normalized spacial score (nSPS) is 11.0. The van der Waals surface area contributed by atoms with E-state index in [-0.39, 0.29) is 5.56 Å². The van der Waals surface area contributed by atoms with Gasteiger partial charge in [-0.25, -0.2) is 0 Å². The molecule has 144 valence electrons. The summed E-state index contributed by atoms with van der Waals surface area (Å²) in [7, 11) is 0. The van der Waals surface area contributed by atoms with Gasteiger partial charge in [0.05, 0.1) is 5.69 Å². The highest BCUT2D eigenvalue weighted by Gasteiger charge is 2.20. The molecule has 5 aromatic rings. The standard InChI is InChI=1S/C27H18ClNO/c28-21-16-17-23-24(18-21)25(19-10-4-1-5-11-19)26(20-12-6-2-7-13-20)29(27(23)30)22-14-8-3-9-15-22/h1-18H. The topological polar surface area (TPSA) is 22.0 Å². The van der Waals surface area contributed by atoms with Crippen LogP contribution in [-0.2, 0) is 0 Å². The van der Waals surface area contributed by atoms with E-state index in [1.165, 1.54) is 0 Å². The van der Waals surface area contributed by atoms with Crippen LogP contribution in [0.3, 0.4) is 0 Å². The molecule has 5 rings (SSSR count). The molecule has 0 aliphatic heterocycles. The van der Waals surface area contributed by atoms with Crippen LogP contribution >= 0.6 is 11.6 Å². The van der Waals surface area contributed by atoms with E-state index in [4.69, 9.17) is 11.6 Å². The fraction of sp³-hybridized carbons (Fsp3) is 0. The van der Waals surface area contributed by atoms with Crippen molar-refractivity contribution >= 4 is 22.4 Å². The molecular weight excluding hydrogens is 390 g/mol. The van der Waals surface area contributed by atoms with Crippen molar-refractivity contribution in [1.82, 2.24) is 4.57 Å². The van der Waals surface area contributed by atoms with Crippen molar-refractivity contribution in [2.45, 2.75) is 0 Å². The zero-order chi connectivity index (χ0) is 20.5. The Morgan fingerprint density at radius 2 is 1.17 bits per heavy atom. The molecule has 1 heterocycles. The first-order chi connectivity index (χ1) is 14.7. The van der Waals surface area contributed by atoms with Gasteiger partial charge in [0.1, 0.15) is 0 Å². The van der Waals surface area contributed by atoms with Crippen molar-refractivity contribution in [3.8, 4) is 28.1 Å². The average molecular weight is 408 g/mol. The molecule has 0 N–H and O–H groups in total. The van der Waals surface area contributed by atoms with Crippen LogP contribution < -0.4 is 5.56 Å². The maximum atomic E-state index is 13.7. The van der Waals surface area contributed by atoms with E-state index >= 15 is 0 Å². The number of hydrogen-bond donors (Lipinski definition) is 0. The molecule has 0 fully saturated rings. The van der Waals surface area contributed by atoms with Gasteiger partial charge in [-0.2, -0.15) is 0 Å². The third-order valence-electron chi connectivity index (χ3n) is 5.27. The van der Waals surface area contributed by atoms with Crippen molar-refractivity contribution in [3.05, 3.63) is 125 Å². The molecule has 0 amide bonds. The molecule has 0 atom stereocenters. The van der Waals surface area contributed by atoms with Crippen LogP contribution in [0.2, 0.25) is 5.02 Å². The molecule has 0 saturated carbocycles. The Morgan fingerprint density at radius 1 is 0.600 bits per heavy atom. The minimum atomic E-state index is -0.0635. The van der Waals surface area contributed by atoms with Crippen molar-refractivity contribution in [2.24, 2.45) is 0 Å². The maximum Gasteiger partial charge on any atom is 0.263 e. The quantitative estimate of drug-likeness (QED) is 0.316. The van der Waals surface area contributed by atoms with Crippen molar-refractivity contribution in [1.29, 1.82) is 0 Å². The van der Waals surface area contributed by atoms with Crippen molar-refractivity contribution in [2.75, 3.05) is 0 Å². The Labute approximate surface area is 179 Å². The lowest BCUT2D eigenvalue weighted by atomic mass is 9.93. The number of para-hydroxylation sites is 1. The van der Waals surface area contributed by atoms with E-state index in [0.29, 0.717) is 10.4 Å². The van der Waals surface area contributed by atoms with E-state index in [2.05, 4.69) is 12.1 Å². The largest absolute Gasteiger partial charge is 0.276 e. The van der Waals surface area contributed by atoms with Gasteiger partial charge in [0.2, 0.25) is 0 Å². The lowest BCUT2D eigenvalue weighted by Gasteiger charge is -2.21. The number of nitrogens with zero attached hydrogens (tertiary/aromatic N) is 1. The highest BCUT2D eigenvalue weighted by atomic mass is 35.5. The first kappa shape index (κ1) is 18.4. The predicted molar refractivity (Wildman–Crippen MR) is 125 cm³/mol. The summed E-state index contributed by atoms with van der Waals surface area (Å²) in [5.74, 6) is 0. The highest BCUT2D eigenvalue weighted by Crippen LogP contribution is 2.38. The van der Waals surface area contributed by atoms with Gasteiger partial charge >= 0.3 is 0 Å². The van der Waals surface area contributed by atoms with Crippen molar-refractivity contribution < 1.29 is 0 Å². The molecule has 3 heteroatoms. The molecule has 1 aromatic heterocycles. The minimum Gasteiger partial charge on any atom is -0.276 e. The number of aromatic nitrogens is 1. The predicted octanol–water partition coefficient (Wildman–Crippen LogP) is 6.98. The second-order valence-corrected chi connectivity index (χ2v) is 7.56. The molecule has 0 aliphatic rings. The number of rotatable bonds is 3. The first-order valence-electron chi connectivity index (χ1n) is 9.78. The highest BCUT2D eigenvalue weighted by molar-refractivity contribution is 6.31. The van der Waals surface area contributed by atoms with E-state index < -0.39 is 0 Å².